The molecule has 1 N–H and O–H groups in total. The highest BCUT2D eigenvalue weighted by Gasteiger charge is 2.22. The van der Waals surface area contributed by atoms with Gasteiger partial charge in [0.1, 0.15) is 5.75 Å². The van der Waals surface area contributed by atoms with Gasteiger partial charge in [-0.05, 0) is 58.1 Å². The van der Waals surface area contributed by atoms with E-state index in [4.69, 9.17) is 0 Å². The minimum atomic E-state index is -3.56. The molecule has 1 rings (SSSR count). The predicted molar refractivity (Wildman–Crippen MR) is 81.9 cm³/mol. The third-order valence-electron chi connectivity index (χ3n) is 2.56. The molecule has 1 aromatic rings. The van der Waals surface area contributed by atoms with Crippen LogP contribution in [-0.4, -0.2) is 57.0 Å². The monoisotopic (exact) mass is 414 g/mol. The molecule has 0 heterocycles. The Morgan fingerprint density at radius 2 is 1.58 bits per heavy atom. The van der Waals surface area contributed by atoms with Crippen LogP contribution in [-0.2, 0) is 10.0 Å². The van der Waals surface area contributed by atoms with Crippen molar-refractivity contribution in [3.63, 3.8) is 0 Å². The summed E-state index contributed by atoms with van der Waals surface area (Å²) in [7, 11) is 1.74. The minimum Gasteiger partial charge on any atom is -0.506 e. The molecule has 0 spiro atoms. The molecule has 0 aromatic heterocycles. The van der Waals surface area contributed by atoms with Crippen LogP contribution in [0.5, 0.6) is 5.75 Å². The highest BCUT2D eigenvalue weighted by molar-refractivity contribution is 9.11. The number of benzene rings is 1. The van der Waals surface area contributed by atoms with Crippen molar-refractivity contribution in [2.45, 2.75) is 4.90 Å². The maximum atomic E-state index is 12.3. The molecular formula is C11H16Br2N2O3S. The lowest BCUT2D eigenvalue weighted by molar-refractivity contribution is 0.358. The highest BCUT2D eigenvalue weighted by atomic mass is 79.9. The fourth-order valence-corrected chi connectivity index (χ4v) is 4.04. The summed E-state index contributed by atoms with van der Waals surface area (Å²) in [5.41, 5.74) is 0. The molecule has 0 amide bonds. The first-order valence-electron chi connectivity index (χ1n) is 5.45. The van der Waals surface area contributed by atoms with Crippen molar-refractivity contribution in [2.24, 2.45) is 0 Å². The summed E-state index contributed by atoms with van der Waals surface area (Å²) in [5, 5.41) is 9.60. The summed E-state index contributed by atoms with van der Waals surface area (Å²) in [6.07, 6.45) is 0. The third-order valence-corrected chi connectivity index (χ3v) is 5.60. The second-order valence-electron chi connectivity index (χ2n) is 4.37. The van der Waals surface area contributed by atoms with Crippen molar-refractivity contribution >= 4 is 41.9 Å². The van der Waals surface area contributed by atoms with E-state index in [-0.39, 0.29) is 10.6 Å². The Balaban J connectivity index is 3.07. The van der Waals surface area contributed by atoms with Gasteiger partial charge in [0.15, 0.2) is 0 Å². The van der Waals surface area contributed by atoms with Crippen molar-refractivity contribution in [3.05, 3.63) is 21.1 Å². The molecular weight excluding hydrogens is 400 g/mol. The lowest BCUT2D eigenvalue weighted by atomic mass is 10.3. The van der Waals surface area contributed by atoms with Crippen LogP contribution >= 0.6 is 31.9 Å². The lowest BCUT2D eigenvalue weighted by Gasteiger charge is -2.20. The molecule has 0 aliphatic heterocycles. The number of aromatic hydroxyl groups is 1. The molecule has 19 heavy (non-hydrogen) atoms. The normalized spacial score (nSPS) is 12.4. The number of hydrogen-bond acceptors (Lipinski definition) is 4. The second kappa shape index (κ2) is 6.53. The van der Waals surface area contributed by atoms with E-state index in [1.54, 1.807) is 0 Å². The number of hydrogen-bond donors (Lipinski definition) is 1. The quantitative estimate of drug-likeness (QED) is 0.799. The molecule has 0 unspecified atom stereocenters. The van der Waals surface area contributed by atoms with Crippen molar-refractivity contribution in [1.82, 2.24) is 9.21 Å². The van der Waals surface area contributed by atoms with Gasteiger partial charge in [-0.3, -0.25) is 0 Å². The molecule has 0 saturated carbocycles. The molecule has 0 fully saturated rings. The molecule has 0 bridgehead atoms. The van der Waals surface area contributed by atoms with E-state index in [9.17, 15) is 13.5 Å². The van der Waals surface area contributed by atoms with E-state index in [1.807, 2.05) is 19.0 Å². The van der Waals surface area contributed by atoms with Gasteiger partial charge in [0.2, 0.25) is 10.0 Å². The largest absolute Gasteiger partial charge is 0.506 e. The van der Waals surface area contributed by atoms with Gasteiger partial charge in [0.25, 0.3) is 0 Å². The molecule has 0 radical (unpaired) electrons. The van der Waals surface area contributed by atoms with Gasteiger partial charge in [-0.2, -0.15) is 4.31 Å². The summed E-state index contributed by atoms with van der Waals surface area (Å²) in [4.78, 5) is 2.04. The first-order chi connectivity index (χ1) is 8.66. The van der Waals surface area contributed by atoms with Crippen LogP contribution in [0.15, 0.2) is 26.0 Å². The molecule has 8 heteroatoms. The topological polar surface area (TPSA) is 60.9 Å². The van der Waals surface area contributed by atoms with Crippen molar-refractivity contribution in [1.29, 1.82) is 0 Å². The molecule has 1 aromatic carbocycles. The summed E-state index contributed by atoms with van der Waals surface area (Å²) >= 11 is 6.26. The Kier molecular flexibility index (Phi) is 5.81. The molecule has 108 valence electrons. The second-order valence-corrected chi connectivity index (χ2v) is 8.12. The number of rotatable bonds is 5. The molecule has 0 aliphatic carbocycles. The smallest absolute Gasteiger partial charge is 0.242 e. The van der Waals surface area contributed by atoms with Gasteiger partial charge in [-0.15, -0.1) is 0 Å². The fourth-order valence-electron chi connectivity index (χ4n) is 1.33. The zero-order valence-electron chi connectivity index (χ0n) is 10.9. The van der Waals surface area contributed by atoms with E-state index in [1.165, 1.54) is 23.5 Å². The molecule has 0 aliphatic rings. The van der Waals surface area contributed by atoms with Gasteiger partial charge >= 0.3 is 0 Å². The van der Waals surface area contributed by atoms with E-state index >= 15 is 0 Å². The van der Waals surface area contributed by atoms with Gasteiger partial charge in [-0.25, -0.2) is 8.42 Å². The minimum absolute atomic E-state index is 0.0186. The van der Waals surface area contributed by atoms with Crippen molar-refractivity contribution in [3.8, 4) is 5.75 Å². The molecule has 0 saturated heterocycles. The number of phenols is 1. The number of phenolic OH excluding ortho intramolecular Hbond substituents is 1. The Labute approximate surface area is 130 Å². The first kappa shape index (κ1) is 16.9. The maximum Gasteiger partial charge on any atom is 0.242 e. The fraction of sp³-hybridized carbons (Fsp3) is 0.455. The van der Waals surface area contributed by atoms with Crippen LogP contribution in [0.4, 0.5) is 0 Å². The standard InChI is InChI=1S/C11H16Br2N2O3S/c1-14(2)4-5-15(3)19(17,18)8-6-9(12)11(16)10(13)7-8/h6-7,16H,4-5H2,1-3H3. The van der Waals surface area contributed by atoms with E-state index < -0.39 is 10.0 Å². The third kappa shape index (κ3) is 4.16. The Morgan fingerprint density at radius 3 is 2.00 bits per heavy atom. The van der Waals surface area contributed by atoms with Crippen LogP contribution in [0.1, 0.15) is 0 Å². The maximum absolute atomic E-state index is 12.3. The SMILES string of the molecule is CN(C)CCN(C)S(=O)(=O)c1cc(Br)c(O)c(Br)c1. The van der Waals surface area contributed by atoms with Gasteiger partial charge in [0, 0.05) is 20.1 Å². The van der Waals surface area contributed by atoms with Gasteiger partial charge < -0.3 is 10.0 Å². The van der Waals surface area contributed by atoms with Gasteiger partial charge in [-0.1, -0.05) is 0 Å². The summed E-state index contributed by atoms with van der Waals surface area (Å²) < 4.78 is 26.6. The number of halogens is 2. The average Bonchev–Trinajstić information content (AvgIpc) is 2.31. The van der Waals surface area contributed by atoms with Crippen LogP contribution in [0.3, 0.4) is 0 Å². The van der Waals surface area contributed by atoms with E-state index in [2.05, 4.69) is 31.9 Å². The lowest BCUT2D eigenvalue weighted by Crippen LogP contribution is -2.33. The van der Waals surface area contributed by atoms with E-state index in [0.717, 1.165) is 0 Å². The van der Waals surface area contributed by atoms with Crippen LogP contribution in [0.25, 0.3) is 0 Å². The summed E-state index contributed by atoms with van der Waals surface area (Å²) in [6, 6.07) is 2.78. The summed E-state index contributed by atoms with van der Waals surface area (Å²) in [6.45, 7) is 1.03. The first-order valence-corrected chi connectivity index (χ1v) is 8.48. The van der Waals surface area contributed by atoms with Crippen LogP contribution < -0.4 is 0 Å². The highest BCUT2D eigenvalue weighted by Crippen LogP contribution is 2.35. The van der Waals surface area contributed by atoms with Crippen molar-refractivity contribution < 1.29 is 13.5 Å². The average molecular weight is 416 g/mol. The Bertz CT molecular complexity index is 538. The van der Waals surface area contributed by atoms with Crippen LogP contribution in [0, 0.1) is 0 Å². The zero-order valence-corrected chi connectivity index (χ0v) is 14.9. The van der Waals surface area contributed by atoms with Crippen LogP contribution in [0.2, 0.25) is 0 Å². The predicted octanol–water partition coefficient (Wildman–Crippen LogP) is 2.10. The molecule has 5 nitrogen and oxygen atoms in total. The van der Waals surface area contributed by atoms with E-state index in [0.29, 0.717) is 22.0 Å². The number of nitrogens with zero attached hydrogens (tertiary/aromatic N) is 2. The van der Waals surface area contributed by atoms with Gasteiger partial charge in [0.05, 0.1) is 13.8 Å². The zero-order chi connectivity index (χ0) is 14.8. The Hall–Kier alpha value is -0.150. The number of sulfonamides is 1. The number of likely N-dealkylation sites (N-methyl/N-ethyl adjacent to an activating group) is 2. The summed E-state index contributed by atoms with van der Waals surface area (Å²) in [5.74, 6) is -0.0186. The van der Waals surface area contributed by atoms with Crippen molar-refractivity contribution in [2.75, 3.05) is 34.2 Å². The molecule has 0 atom stereocenters. The Morgan fingerprint density at radius 1 is 1.11 bits per heavy atom.